The van der Waals surface area contributed by atoms with Crippen molar-refractivity contribution >= 4 is 11.9 Å². The molecule has 1 fully saturated rings. The van der Waals surface area contributed by atoms with Crippen molar-refractivity contribution in [2.45, 2.75) is 25.8 Å². The minimum Gasteiger partial charge on any atom is -0.497 e. The highest BCUT2D eigenvalue weighted by Gasteiger charge is 2.24. The van der Waals surface area contributed by atoms with E-state index in [4.69, 9.17) is 4.74 Å². The van der Waals surface area contributed by atoms with Gasteiger partial charge in [0.25, 0.3) is 5.91 Å². The molecule has 27 heavy (non-hydrogen) atoms. The molecule has 0 atom stereocenters. The van der Waals surface area contributed by atoms with Crippen LogP contribution in [0.2, 0.25) is 0 Å². The van der Waals surface area contributed by atoms with Crippen LogP contribution in [-0.2, 0) is 0 Å². The summed E-state index contributed by atoms with van der Waals surface area (Å²) in [7, 11) is 1.62. The highest BCUT2D eigenvalue weighted by molar-refractivity contribution is 5.93. The molecule has 0 saturated carbocycles. The van der Waals surface area contributed by atoms with Crippen molar-refractivity contribution in [1.82, 2.24) is 25.7 Å². The first-order valence-corrected chi connectivity index (χ1v) is 9.14. The molecule has 0 spiro atoms. The molecule has 0 unspecified atom stereocenters. The van der Waals surface area contributed by atoms with Gasteiger partial charge in [-0.3, -0.25) is 9.89 Å². The Bertz CT molecular complexity index is 779. The first kappa shape index (κ1) is 18.8. The van der Waals surface area contributed by atoms with Crippen LogP contribution < -0.4 is 15.4 Å². The van der Waals surface area contributed by atoms with Crippen molar-refractivity contribution in [2.24, 2.45) is 0 Å². The predicted molar refractivity (Wildman–Crippen MR) is 102 cm³/mol. The Morgan fingerprint density at radius 1 is 1.26 bits per heavy atom. The van der Waals surface area contributed by atoms with E-state index in [-0.39, 0.29) is 18.0 Å². The van der Waals surface area contributed by atoms with E-state index in [2.05, 4.69) is 20.8 Å². The van der Waals surface area contributed by atoms with Crippen LogP contribution >= 0.6 is 0 Å². The van der Waals surface area contributed by atoms with Crippen molar-refractivity contribution < 1.29 is 14.3 Å². The minimum atomic E-state index is -0.182. The third-order valence-electron chi connectivity index (χ3n) is 4.65. The number of H-pyrrole nitrogens is 1. The normalized spacial score (nSPS) is 14.7. The molecule has 3 rings (SSSR count). The third kappa shape index (κ3) is 4.58. The number of ether oxygens (including phenoxy) is 1. The van der Waals surface area contributed by atoms with Gasteiger partial charge >= 0.3 is 6.03 Å². The van der Waals surface area contributed by atoms with Crippen molar-refractivity contribution in [1.29, 1.82) is 0 Å². The number of carbonyl (C=O) groups excluding carboxylic acids is 2. The number of nitrogens with one attached hydrogen (secondary N) is 3. The molecular formula is C19H25N5O3. The Kier molecular flexibility index (Phi) is 5.95. The summed E-state index contributed by atoms with van der Waals surface area (Å²) in [5, 5.41) is 12.8. The summed E-state index contributed by atoms with van der Waals surface area (Å²) in [6.07, 6.45) is 1.48. The van der Waals surface area contributed by atoms with E-state index in [9.17, 15) is 9.59 Å². The number of hydrogen-bond donors (Lipinski definition) is 3. The average Bonchev–Trinajstić information content (AvgIpc) is 3.19. The van der Waals surface area contributed by atoms with Crippen molar-refractivity contribution in [2.75, 3.05) is 26.7 Å². The standard InChI is InChI=1S/C19H25N5O3/c1-3-20-19(26)24-10-8-14(9-11-24)21-18(25)17-12-16(22-23-17)13-4-6-15(27-2)7-5-13/h4-7,12,14H,3,8-11H2,1-2H3,(H,20,26)(H,21,25)(H,22,23). The fourth-order valence-corrected chi connectivity index (χ4v) is 3.10. The topological polar surface area (TPSA) is 99.3 Å². The van der Waals surface area contributed by atoms with E-state index in [1.165, 1.54) is 0 Å². The Labute approximate surface area is 158 Å². The van der Waals surface area contributed by atoms with Gasteiger partial charge in [0.15, 0.2) is 0 Å². The molecule has 8 heteroatoms. The number of urea groups is 1. The maximum atomic E-state index is 12.5. The second-order valence-electron chi connectivity index (χ2n) is 6.47. The van der Waals surface area contributed by atoms with Gasteiger partial charge in [-0.2, -0.15) is 5.10 Å². The lowest BCUT2D eigenvalue weighted by atomic mass is 10.1. The molecule has 144 valence electrons. The maximum Gasteiger partial charge on any atom is 0.317 e. The number of aromatic nitrogens is 2. The van der Waals surface area contributed by atoms with E-state index in [0.29, 0.717) is 31.0 Å². The molecule has 3 amide bonds. The van der Waals surface area contributed by atoms with E-state index in [0.717, 1.165) is 24.2 Å². The van der Waals surface area contributed by atoms with Crippen molar-refractivity contribution in [3.8, 4) is 17.0 Å². The van der Waals surface area contributed by atoms with Gasteiger partial charge in [-0.25, -0.2) is 4.79 Å². The summed E-state index contributed by atoms with van der Waals surface area (Å²) < 4.78 is 5.15. The molecule has 1 saturated heterocycles. The van der Waals surface area contributed by atoms with Gasteiger partial charge in [-0.1, -0.05) is 0 Å². The first-order chi connectivity index (χ1) is 13.1. The zero-order valence-electron chi connectivity index (χ0n) is 15.6. The van der Waals surface area contributed by atoms with Gasteiger partial charge in [-0.05, 0) is 50.1 Å². The quantitative estimate of drug-likeness (QED) is 0.749. The highest BCUT2D eigenvalue weighted by atomic mass is 16.5. The zero-order valence-corrected chi connectivity index (χ0v) is 15.6. The molecule has 2 aromatic rings. The van der Waals surface area contributed by atoms with Crippen LogP contribution in [0.3, 0.4) is 0 Å². The smallest absolute Gasteiger partial charge is 0.317 e. The average molecular weight is 371 g/mol. The Morgan fingerprint density at radius 2 is 1.96 bits per heavy atom. The number of benzene rings is 1. The summed E-state index contributed by atoms with van der Waals surface area (Å²) in [4.78, 5) is 26.1. The Hall–Kier alpha value is -3.03. The van der Waals surface area contributed by atoms with Gasteiger partial charge in [0, 0.05) is 31.2 Å². The number of hydrogen-bond acceptors (Lipinski definition) is 4. The molecule has 1 aliphatic rings. The fraction of sp³-hybridized carbons (Fsp3) is 0.421. The lowest BCUT2D eigenvalue weighted by Gasteiger charge is -2.32. The molecule has 1 aromatic heterocycles. The predicted octanol–water partition coefficient (Wildman–Crippen LogP) is 2.01. The fourth-order valence-electron chi connectivity index (χ4n) is 3.10. The number of rotatable bonds is 5. The molecule has 2 heterocycles. The van der Waals surface area contributed by atoms with Gasteiger partial charge in [-0.15, -0.1) is 0 Å². The number of piperidine rings is 1. The van der Waals surface area contributed by atoms with Crippen LogP contribution in [0.1, 0.15) is 30.3 Å². The number of carbonyl (C=O) groups is 2. The summed E-state index contributed by atoms with van der Waals surface area (Å²) in [6.45, 7) is 3.79. The van der Waals surface area contributed by atoms with E-state index in [1.54, 1.807) is 18.1 Å². The van der Waals surface area contributed by atoms with Crippen LogP contribution in [0.15, 0.2) is 30.3 Å². The molecule has 3 N–H and O–H groups in total. The summed E-state index contributed by atoms with van der Waals surface area (Å²) in [5.74, 6) is 0.588. The number of likely N-dealkylation sites (tertiary alicyclic amines) is 1. The van der Waals surface area contributed by atoms with E-state index in [1.807, 2.05) is 31.2 Å². The summed E-state index contributed by atoms with van der Waals surface area (Å²) in [5.41, 5.74) is 2.03. The van der Waals surface area contributed by atoms with Gasteiger partial charge in [0.2, 0.25) is 0 Å². The second-order valence-corrected chi connectivity index (χ2v) is 6.47. The second kappa shape index (κ2) is 8.57. The first-order valence-electron chi connectivity index (χ1n) is 9.14. The molecule has 0 bridgehead atoms. The maximum absolute atomic E-state index is 12.5. The molecule has 0 radical (unpaired) electrons. The number of methoxy groups -OCH3 is 1. The lowest BCUT2D eigenvalue weighted by molar-refractivity contribution is 0.0913. The van der Waals surface area contributed by atoms with Crippen molar-refractivity contribution in [3.05, 3.63) is 36.0 Å². The summed E-state index contributed by atoms with van der Waals surface area (Å²) >= 11 is 0. The monoisotopic (exact) mass is 371 g/mol. The van der Waals surface area contributed by atoms with Gasteiger partial charge in [0.1, 0.15) is 11.4 Å². The van der Waals surface area contributed by atoms with Crippen LogP contribution in [0, 0.1) is 0 Å². The van der Waals surface area contributed by atoms with E-state index >= 15 is 0 Å². The lowest BCUT2D eigenvalue weighted by Crippen LogP contribution is -2.49. The van der Waals surface area contributed by atoms with Crippen LogP contribution in [0.25, 0.3) is 11.3 Å². The molecule has 8 nitrogen and oxygen atoms in total. The van der Waals surface area contributed by atoms with Gasteiger partial charge in [0.05, 0.1) is 12.8 Å². The summed E-state index contributed by atoms with van der Waals surface area (Å²) in [6, 6.07) is 9.25. The third-order valence-corrected chi connectivity index (χ3v) is 4.65. The Balaban J connectivity index is 1.55. The zero-order chi connectivity index (χ0) is 19.2. The highest BCUT2D eigenvalue weighted by Crippen LogP contribution is 2.21. The SMILES string of the molecule is CCNC(=O)N1CCC(NC(=O)c2cc(-c3ccc(OC)cc3)n[nH]2)CC1. The van der Waals surface area contributed by atoms with Crippen molar-refractivity contribution in [3.63, 3.8) is 0 Å². The Morgan fingerprint density at radius 3 is 2.59 bits per heavy atom. The van der Waals surface area contributed by atoms with Gasteiger partial charge < -0.3 is 20.3 Å². The van der Waals surface area contributed by atoms with Crippen LogP contribution in [0.5, 0.6) is 5.75 Å². The number of aromatic amines is 1. The number of amides is 3. The van der Waals surface area contributed by atoms with Crippen LogP contribution in [0.4, 0.5) is 4.79 Å². The molecular weight excluding hydrogens is 346 g/mol. The largest absolute Gasteiger partial charge is 0.497 e. The molecule has 1 aliphatic heterocycles. The van der Waals surface area contributed by atoms with E-state index < -0.39 is 0 Å². The molecule has 1 aromatic carbocycles. The number of nitrogens with zero attached hydrogens (tertiary/aromatic N) is 2. The molecule has 0 aliphatic carbocycles. The minimum absolute atomic E-state index is 0.0417. The van der Waals surface area contributed by atoms with Crippen LogP contribution in [-0.4, -0.2) is 59.8 Å².